The molecule has 28 heavy (non-hydrogen) atoms. The average molecular weight is 397 g/mol. The van der Waals surface area contributed by atoms with Crippen molar-refractivity contribution in [3.8, 4) is 0 Å². The Hall–Kier alpha value is -2.51. The van der Waals surface area contributed by atoms with E-state index >= 15 is 0 Å². The van der Waals surface area contributed by atoms with Crippen LogP contribution >= 0.6 is 0 Å². The molecule has 0 amide bonds. The van der Waals surface area contributed by atoms with Crippen molar-refractivity contribution >= 4 is 26.7 Å². The van der Waals surface area contributed by atoms with Gasteiger partial charge in [-0.2, -0.15) is 4.31 Å². The monoisotopic (exact) mass is 396 g/mol. The second-order valence-corrected chi connectivity index (χ2v) is 9.21. The Balaban J connectivity index is 1.59. The fraction of sp³-hybridized carbons (Fsp3) is 0.333. The van der Waals surface area contributed by atoms with Gasteiger partial charge in [0.15, 0.2) is 0 Å². The number of piperazine rings is 1. The van der Waals surface area contributed by atoms with Crippen LogP contribution in [0.15, 0.2) is 47.6 Å². The first-order valence-electron chi connectivity index (χ1n) is 9.40. The van der Waals surface area contributed by atoms with Gasteiger partial charge in [-0.1, -0.05) is 29.8 Å². The smallest absolute Gasteiger partial charge is 0.243 e. The Morgan fingerprint density at radius 3 is 2.21 bits per heavy atom. The van der Waals surface area contributed by atoms with Crippen molar-refractivity contribution in [2.45, 2.75) is 25.7 Å². The number of hydrogen-bond acceptors (Lipinski definition) is 5. The molecule has 2 aromatic carbocycles. The normalized spacial score (nSPS) is 15.9. The van der Waals surface area contributed by atoms with Gasteiger partial charge in [-0.05, 0) is 44.0 Å². The van der Waals surface area contributed by atoms with E-state index in [9.17, 15) is 8.42 Å². The summed E-state index contributed by atoms with van der Waals surface area (Å²) in [5, 5.41) is 0.992. The number of aryl methyl sites for hydroxylation is 3. The zero-order valence-electron chi connectivity index (χ0n) is 16.4. The molecule has 4 rings (SSSR count). The molecule has 0 atom stereocenters. The lowest BCUT2D eigenvalue weighted by Gasteiger charge is -2.35. The van der Waals surface area contributed by atoms with Crippen molar-refractivity contribution in [2.75, 3.05) is 31.1 Å². The van der Waals surface area contributed by atoms with E-state index < -0.39 is 10.0 Å². The number of rotatable bonds is 3. The van der Waals surface area contributed by atoms with Crippen LogP contribution in [0.4, 0.5) is 5.82 Å². The molecule has 0 N–H and O–H groups in total. The van der Waals surface area contributed by atoms with Gasteiger partial charge in [0.05, 0.1) is 10.4 Å². The van der Waals surface area contributed by atoms with Gasteiger partial charge in [0.25, 0.3) is 0 Å². The molecule has 0 unspecified atom stereocenters. The molecule has 7 heteroatoms. The highest BCUT2D eigenvalue weighted by molar-refractivity contribution is 7.89. The number of hydrogen-bond donors (Lipinski definition) is 0. The van der Waals surface area contributed by atoms with Crippen molar-refractivity contribution in [1.29, 1.82) is 0 Å². The second-order valence-electron chi connectivity index (χ2n) is 7.33. The van der Waals surface area contributed by atoms with E-state index in [2.05, 4.69) is 14.9 Å². The molecule has 2 heterocycles. The van der Waals surface area contributed by atoms with Crippen LogP contribution in [-0.2, 0) is 10.0 Å². The highest BCUT2D eigenvalue weighted by Crippen LogP contribution is 2.28. The van der Waals surface area contributed by atoms with Crippen LogP contribution in [0.3, 0.4) is 0 Å². The van der Waals surface area contributed by atoms with Crippen LogP contribution in [0, 0.1) is 20.8 Å². The number of anilines is 1. The minimum absolute atomic E-state index is 0.438. The predicted molar refractivity (Wildman–Crippen MR) is 111 cm³/mol. The molecule has 1 fully saturated rings. The van der Waals surface area contributed by atoms with E-state index in [0.717, 1.165) is 33.4 Å². The lowest BCUT2D eigenvalue weighted by molar-refractivity contribution is 0.383. The van der Waals surface area contributed by atoms with Gasteiger partial charge in [-0.25, -0.2) is 18.4 Å². The van der Waals surface area contributed by atoms with E-state index in [1.165, 1.54) is 0 Å². The van der Waals surface area contributed by atoms with E-state index in [0.29, 0.717) is 31.1 Å². The summed E-state index contributed by atoms with van der Waals surface area (Å²) in [6.45, 7) is 7.81. The quantitative estimate of drug-likeness (QED) is 0.681. The number of fused-ring (bicyclic) bond motifs is 1. The number of nitrogens with zero attached hydrogens (tertiary/aromatic N) is 4. The Kier molecular flexibility index (Phi) is 4.81. The Bertz CT molecular complexity index is 1110. The zero-order valence-corrected chi connectivity index (χ0v) is 17.2. The SMILES string of the molecule is Cc1cc(C)c(S(=O)(=O)N2CCN(c3ncnc4ccccc34)CC2)c(C)c1. The second kappa shape index (κ2) is 7.14. The summed E-state index contributed by atoms with van der Waals surface area (Å²) >= 11 is 0. The molecule has 1 aliphatic rings. The van der Waals surface area contributed by atoms with Gasteiger partial charge in [0, 0.05) is 31.6 Å². The van der Waals surface area contributed by atoms with Gasteiger partial charge >= 0.3 is 0 Å². The number of benzene rings is 2. The summed E-state index contributed by atoms with van der Waals surface area (Å²) in [6.07, 6.45) is 1.57. The van der Waals surface area contributed by atoms with Crippen molar-refractivity contribution < 1.29 is 8.42 Å². The molecule has 0 saturated carbocycles. The highest BCUT2D eigenvalue weighted by atomic mass is 32.2. The standard InChI is InChI=1S/C21H24N4O2S/c1-15-12-16(2)20(17(3)13-15)28(26,27)25-10-8-24(9-11-25)21-18-6-4-5-7-19(18)22-14-23-21/h4-7,12-14H,8-11H2,1-3H3. The first-order valence-corrected chi connectivity index (χ1v) is 10.8. The first kappa shape index (κ1) is 18.8. The fourth-order valence-electron chi connectivity index (χ4n) is 4.09. The molecular formula is C21H24N4O2S. The molecular weight excluding hydrogens is 372 g/mol. The molecule has 0 radical (unpaired) electrons. The summed E-state index contributed by atoms with van der Waals surface area (Å²) in [6, 6.07) is 11.8. The minimum Gasteiger partial charge on any atom is -0.353 e. The zero-order chi connectivity index (χ0) is 19.9. The lowest BCUT2D eigenvalue weighted by atomic mass is 10.1. The molecule has 3 aromatic rings. The third-order valence-corrected chi connectivity index (χ3v) is 7.47. The molecule has 6 nitrogen and oxygen atoms in total. The van der Waals surface area contributed by atoms with Crippen LogP contribution in [0.1, 0.15) is 16.7 Å². The number of sulfonamides is 1. The van der Waals surface area contributed by atoms with Gasteiger partial charge in [-0.3, -0.25) is 0 Å². The van der Waals surface area contributed by atoms with Crippen LogP contribution in [0.25, 0.3) is 10.9 Å². The van der Waals surface area contributed by atoms with Crippen molar-refractivity contribution in [3.05, 3.63) is 59.4 Å². The van der Waals surface area contributed by atoms with E-state index in [1.54, 1.807) is 10.6 Å². The van der Waals surface area contributed by atoms with Crippen molar-refractivity contribution in [2.24, 2.45) is 0 Å². The van der Waals surface area contributed by atoms with E-state index in [4.69, 9.17) is 0 Å². The summed E-state index contributed by atoms with van der Waals surface area (Å²) in [5.41, 5.74) is 3.59. The Labute approximate surface area is 165 Å². The molecule has 146 valence electrons. The van der Waals surface area contributed by atoms with Crippen LogP contribution < -0.4 is 4.90 Å². The topological polar surface area (TPSA) is 66.4 Å². The first-order chi connectivity index (χ1) is 13.4. The summed E-state index contributed by atoms with van der Waals surface area (Å²) in [4.78, 5) is 11.4. The molecule has 0 bridgehead atoms. The van der Waals surface area contributed by atoms with Crippen LogP contribution in [-0.4, -0.2) is 48.9 Å². The maximum absolute atomic E-state index is 13.3. The molecule has 1 aliphatic heterocycles. The third-order valence-electron chi connectivity index (χ3n) is 5.26. The summed E-state index contributed by atoms with van der Waals surface area (Å²) in [5.74, 6) is 0.866. The summed E-state index contributed by atoms with van der Waals surface area (Å²) in [7, 11) is -3.51. The molecule has 1 saturated heterocycles. The maximum Gasteiger partial charge on any atom is 0.243 e. The van der Waals surface area contributed by atoms with Gasteiger partial charge in [-0.15, -0.1) is 0 Å². The van der Waals surface area contributed by atoms with Crippen molar-refractivity contribution in [3.63, 3.8) is 0 Å². The fourth-order valence-corrected chi connectivity index (χ4v) is 5.92. The third kappa shape index (κ3) is 3.25. The van der Waals surface area contributed by atoms with Gasteiger partial charge < -0.3 is 4.90 Å². The molecule has 0 aliphatic carbocycles. The lowest BCUT2D eigenvalue weighted by Crippen LogP contribution is -2.49. The predicted octanol–water partition coefficient (Wildman–Crippen LogP) is 3.07. The highest BCUT2D eigenvalue weighted by Gasteiger charge is 2.31. The molecule has 1 aromatic heterocycles. The minimum atomic E-state index is -3.51. The number of aromatic nitrogens is 2. The van der Waals surface area contributed by atoms with Crippen LogP contribution in [0.5, 0.6) is 0 Å². The van der Waals surface area contributed by atoms with Crippen LogP contribution in [0.2, 0.25) is 0 Å². The van der Waals surface area contributed by atoms with E-state index in [1.807, 2.05) is 57.2 Å². The molecule has 0 spiro atoms. The summed E-state index contributed by atoms with van der Waals surface area (Å²) < 4.78 is 28.1. The van der Waals surface area contributed by atoms with Gasteiger partial charge in [0.1, 0.15) is 12.1 Å². The Morgan fingerprint density at radius 1 is 0.893 bits per heavy atom. The van der Waals surface area contributed by atoms with Crippen molar-refractivity contribution in [1.82, 2.24) is 14.3 Å². The maximum atomic E-state index is 13.3. The average Bonchev–Trinajstić information content (AvgIpc) is 2.66. The number of para-hydroxylation sites is 1. The van der Waals surface area contributed by atoms with E-state index in [-0.39, 0.29) is 0 Å². The largest absolute Gasteiger partial charge is 0.353 e. The Morgan fingerprint density at radius 2 is 1.54 bits per heavy atom. The van der Waals surface area contributed by atoms with Gasteiger partial charge in [0.2, 0.25) is 10.0 Å².